The van der Waals surface area contributed by atoms with Gasteiger partial charge in [-0.2, -0.15) is 4.72 Å². The maximum Gasteiger partial charge on any atom is 0.417 e. The van der Waals surface area contributed by atoms with Crippen LogP contribution in [0.5, 0.6) is 0 Å². The Morgan fingerprint density at radius 3 is 1.75 bits per heavy atom. The van der Waals surface area contributed by atoms with E-state index in [0.29, 0.717) is 10.5 Å². The molecular formula is C37H35Cl2N3O12S. The first kappa shape index (κ1) is 43.8. The first-order chi connectivity index (χ1) is 26.2. The third kappa shape index (κ3) is 13.0. The van der Waals surface area contributed by atoms with E-state index in [1.165, 1.54) is 0 Å². The summed E-state index contributed by atoms with van der Waals surface area (Å²) < 4.78 is 37.1. The zero-order chi connectivity index (χ0) is 40.5. The maximum absolute atomic E-state index is 12.5. The number of aldehydes is 1. The molecule has 0 saturated carbocycles. The van der Waals surface area contributed by atoms with E-state index in [1.807, 2.05) is 10.8 Å². The van der Waals surface area contributed by atoms with Gasteiger partial charge in [0.2, 0.25) is 15.9 Å². The van der Waals surface area contributed by atoms with Crippen LogP contribution in [0, 0.1) is 0 Å². The number of hydrogen-bond donors (Lipinski definition) is 4. The van der Waals surface area contributed by atoms with E-state index in [1.54, 1.807) is 84.9 Å². The van der Waals surface area contributed by atoms with Crippen LogP contribution in [0.4, 0.5) is 4.79 Å². The molecule has 55 heavy (non-hydrogen) atoms. The smallest absolute Gasteiger partial charge is 0.417 e. The van der Waals surface area contributed by atoms with Gasteiger partial charge in [-0.3, -0.25) is 14.4 Å². The SMILES string of the molecule is NCC(=O)N(C(=O)OCc1ccccc1)[C@@H](Cc1ccccc1)C(=O)O.O=CC(C(=O)O)c1c(Cl)ccc(S(=O)(=O)NCC(=O)OCc2ccccc2)c1Cl. The van der Waals surface area contributed by atoms with Gasteiger partial charge in [0.1, 0.15) is 42.9 Å². The van der Waals surface area contributed by atoms with Crippen molar-refractivity contribution in [2.45, 2.75) is 36.5 Å². The fourth-order valence-corrected chi connectivity index (χ4v) is 6.70. The van der Waals surface area contributed by atoms with Crippen LogP contribution in [-0.2, 0) is 63.1 Å². The van der Waals surface area contributed by atoms with E-state index in [9.17, 15) is 42.3 Å². The predicted molar refractivity (Wildman–Crippen MR) is 198 cm³/mol. The van der Waals surface area contributed by atoms with Gasteiger partial charge in [-0.25, -0.2) is 22.9 Å². The lowest BCUT2D eigenvalue weighted by Crippen LogP contribution is -2.52. The number of carbonyl (C=O) groups is 6. The second kappa shape index (κ2) is 21.3. The van der Waals surface area contributed by atoms with Crippen molar-refractivity contribution >= 4 is 69.4 Å². The number of rotatable bonds is 16. The van der Waals surface area contributed by atoms with Crippen molar-refractivity contribution in [2.75, 3.05) is 13.1 Å². The zero-order valence-electron chi connectivity index (χ0n) is 28.7. The van der Waals surface area contributed by atoms with Crippen LogP contribution in [0.15, 0.2) is 108 Å². The molecule has 0 aliphatic carbocycles. The van der Waals surface area contributed by atoms with Crippen LogP contribution in [-0.4, -0.2) is 78.9 Å². The van der Waals surface area contributed by atoms with Crippen LogP contribution in [0.3, 0.4) is 0 Å². The van der Waals surface area contributed by atoms with Crippen molar-refractivity contribution in [2.24, 2.45) is 5.73 Å². The van der Waals surface area contributed by atoms with Gasteiger partial charge in [0.15, 0.2) is 0 Å². The zero-order valence-corrected chi connectivity index (χ0v) is 31.1. The van der Waals surface area contributed by atoms with Crippen molar-refractivity contribution in [1.82, 2.24) is 9.62 Å². The summed E-state index contributed by atoms with van der Waals surface area (Å²) >= 11 is 11.9. The lowest BCUT2D eigenvalue weighted by Gasteiger charge is -2.26. The molecule has 0 bridgehead atoms. The highest BCUT2D eigenvalue weighted by Gasteiger charge is 2.35. The summed E-state index contributed by atoms with van der Waals surface area (Å²) in [5.74, 6) is -6.26. The summed E-state index contributed by atoms with van der Waals surface area (Å²) in [7, 11) is -4.33. The van der Waals surface area contributed by atoms with Gasteiger partial charge in [-0.15, -0.1) is 0 Å². The molecule has 290 valence electrons. The first-order valence-corrected chi connectivity index (χ1v) is 18.3. The lowest BCUT2D eigenvalue weighted by molar-refractivity contribution is -0.148. The van der Waals surface area contributed by atoms with Gasteiger partial charge in [0.25, 0.3) is 0 Å². The van der Waals surface area contributed by atoms with E-state index in [4.69, 9.17) is 43.5 Å². The molecule has 4 aromatic carbocycles. The molecule has 4 aromatic rings. The Morgan fingerprint density at radius 2 is 1.27 bits per heavy atom. The normalized spacial score (nSPS) is 11.8. The highest BCUT2D eigenvalue weighted by molar-refractivity contribution is 7.89. The number of carboxylic acid groups (broad SMARTS) is 2. The Bertz CT molecular complexity index is 2070. The number of hydrogen-bond acceptors (Lipinski definition) is 11. The quantitative estimate of drug-likeness (QED) is 0.0706. The molecule has 0 heterocycles. The molecule has 5 N–H and O–H groups in total. The third-order valence-corrected chi connectivity index (χ3v) is 9.75. The largest absolute Gasteiger partial charge is 0.480 e. The van der Waals surface area contributed by atoms with Crippen LogP contribution in [0.25, 0.3) is 0 Å². The molecule has 2 amide bonds. The molecule has 0 saturated heterocycles. The van der Waals surface area contributed by atoms with Gasteiger partial charge < -0.3 is 30.2 Å². The molecule has 15 nitrogen and oxygen atoms in total. The van der Waals surface area contributed by atoms with Crippen LogP contribution in [0.1, 0.15) is 28.2 Å². The summed E-state index contributed by atoms with van der Waals surface area (Å²) in [6.45, 7) is -1.29. The summed E-state index contributed by atoms with van der Waals surface area (Å²) in [4.78, 5) is 70.4. The van der Waals surface area contributed by atoms with E-state index >= 15 is 0 Å². The molecule has 0 aromatic heterocycles. The Labute approximate surface area is 325 Å². The number of amides is 2. The summed E-state index contributed by atoms with van der Waals surface area (Å²) in [6, 6.07) is 27.1. The van der Waals surface area contributed by atoms with E-state index in [-0.39, 0.29) is 36.5 Å². The Kier molecular flexibility index (Phi) is 16.9. The number of aliphatic carboxylic acids is 2. The summed E-state index contributed by atoms with van der Waals surface area (Å²) in [6.07, 6.45) is -0.990. The van der Waals surface area contributed by atoms with Crippen molar-refractivity contribution in [1.29, 1.82) is 0 Å². The van der Waals surface area contributed by atoms with E-state index in [2.05, 4.69) is 0 Å². The number of sulfonamides is 1. The number of esters is 1. The molecule has 0 fully saturated rings. The topological polar surface area (TPSA) is 237 Å². The molecule has 0 radical (unpaired) electrons. The number of carbonyl (C=O) groups excluding carboxylic acids is 4. The van der Waals surface area contributed by atoms with Crippen molar-refractivity contribution in [3.63, 3.8) is 0 Å². The highest BCUT2D eigenvalue weighted by atomic mass is 35.5. The third-order valence-electron chi connectivity index (χ3n) is 7.46. The summed E-state index contributed by atoms with van der Waals surface area (Å²) in [5.41, 5.74) is 7.12. The number of ether oxygens (including phenoxy) is 2. The molecule has 0 spiro atoms. The van der Waals surface area contributed by atoms with Crippen molar-refractivity contribution in [3.05, 3.63) is 135 Å². The average Bonchev–Trinajstić information content (AvgIpc) is 3.17. The minimum Gasteiger partial charge on any atom is -0.480 e. The molecule has 2 atom stereocenters. The standard InChI is InChI=1S/C19H20N2O5.C18H15Cl2NO7S/c20-12-17(22)21(19(25)26-13-15-9-5-2-6-10-15)16(18(23)24)11-14-7-3-1-4-8-14;19-13-6-7-14(17(20)16(13)12(9-22)18(24)25)29(26,27)21-8-15(23)28-10-11-4-2-1-3-5-11/h1-10,16H,11-13,20H2,(H,23,24);1-7,9,12,21H,8,10H2,(H,24,25)/t16-;/m0./s1. The number of benzene rings is 4. The summed E-state index contributed by atoms with van der Waals surface area (Å²) in [5, 5.41) is 18.0. The van der Waals surface area contributed by atoms with Gasteiger partial charge in [-0.1, -0.05) is 114 Å². The average molecular weight is 817 g/mol. The maximum atomic E-state index is 12.5. The van der Waals surface area contributed by atoms with Crippen LogP contribution in [0.2, 0.25) is 10.0 Å². The molecule has 18 heteroatoms. The number of halogens is 2. The monoisotopic (exact) mass is 815 g/mol. The minimum atomic E-state index is -4.33. The number of carboxylic acids is 2. The second-order valence-electron chi connectivity index (χ2n) is 11.2. The predicted octanol–water partition coefficient (Wildman–Crippen LogP) is 4.19. The van der Waals surface area contributed by atoms with Crippen LogP contribution < -0.4 is 10.5 Å². The fourth-order valence-electron chi connectivity index (χ4n) is 4.73. The Balaban J connectivity index is 0.000000297. The number of nitrogens with two attached hydrogens (primary N) is 1. The molecule has 4 rings (SSSR count). The lowest BCUT2D eigenvalue weighted by atomic mass is 10.0. The molecule has 0 aliphatic heterocycles. The first-order valence-electron chi connectivity index (χ1n) is 16.0. The number of nitrogens with zero attached hydrogens (tertiary/aromatic N) is 1. The van der Waals surface area contributed by atoms with E-state index < -0.39 is 74.9 Å². The molecule has 0 aliphatic rings. The minimum absolute atomic E-state index is 0.0348. The van der Waals surface area contributed by atoms with Gasteiger partial charge >= 0.3 is 24.0 Å². The van der Waals surface area contributed by atoms with Gasteiger partial charge in [0, 0.05) is 17.0 Å². The highest BCUT2D eigenvalue weighted by Crippen LogP contribution is 2.35. The van der Waals surface area contributed by atoms with Gasteiger partial charge in [0.05, 0.1) is 11.6 Å². The van der Waals surface area contributed by atoms with Gasteiger partial charge in [-0.05, 0) is 28.8 Å². The second-order valence-corrected chi connectivity index (χ2v) is 13.8. The van der Waals surface area contributed by atoms with Crippen molar-refractivity contribution in [3.8, 4) is 0 Å². The molecule has 1 unspecified atom stereocenters. The van der Waals surface area contributed by atoms with Crippen LogP contribution >= 0.6 is 23.2 Å². The number of nitrogens with one attached hydrogen (secondary N) is 1. The van der Waals surface area contributed by atoms with Crippen molar-refractivity contribution < 1.29 is 56.9 Å². The Morgan fingerprint density at radius 1 is 0.764 bits per heavy atom. The van der Waals surface area contributed by atoms with E-state index in [0.717, 1.165) is 23.3 Å². The fraction of sp³-hybridized carbons (Fsp3) is 0.189. The number of imide groups is 1. The molecular weight excluding hydrogens is 781 g/mol. The Hall–Kier alpha value is -5.65.